The van der Waals surface area contributed by atoms with Crippen molar-refractivity contribution in [3.05, 3.63) is 11.2 Å². The summed E-state index contributed by atoms with van der Waals surface area (Å²) in [7, 11) is 0. The summed E-state index contributed by atoms with van der Waals surface area (Å²) in [5.74, 6) is -1.35. The van der Waals surface area contributed by atoms with E-state index in [1.165, 1.54) is 0 Å². The van der Waals surface area contributed by atoms with Gasteiger partial charge in [0.2, 0.25) is 5.91 Å². The smallest absolute Gasteiger partial charge is 0.319 e. The lowest BCUT2D eigenvalue weighted by Gasteiger charge is -2.26. The van der Waals surface area contributed by atoms with E-state index in [4.69, 9.17) is 11.6 Å². The van der Waals surface area contributed by atoms with E-state index >= 15 is 0 Å². The van der Waals surface area contributed by atoms with Gasteiger partial charge in [0.05, 0.1) is 0 Å². The maximum atomic E-state index is 12.5. The van der Waals surface area contributed by atoms with Crippen molar-refractivity contribution in [3.8, 4) is 0 Å². The maximum Gasteiger partial charge on any atom is 0.319 e. The Balaban J connectivity index is 2.22. The maximum absolute atomic E-state index is 12.5. The lowest BCUT2D eigenvalue weighted by molar-refractivity contribution is -0.155. The molecule has 1 saturated carbocycles. The number of rotatable bonds is 4. The third-order valence-electron chi connectivity index (χ3n) is 4.07. The topological polar surface area (TPSA) is 84.2 Å². The molecule has 0 bridgehead atoms. The van der Waals surface area contributed by atoms with Crippen LogP contribution < -0.4 is 5.32 Å². The molecule has 6 nitrogen and oxygen atoms in total. The van der Waals surface area contributed by atoms with Crippen LogP contribution in [0, 0.1) is 5.41 Å². The predicted molar refractivity (Wildman–Crippen MR) is 79.3 cm³/mol. The Hall–Kier alpha value is -1.56. The average molecular weight is 314 g/mol. The molecule has 1 heterocycles. The second-order valence-electron chi connectivity index (χ2n) is 5.44. The molecular weight excluding hydrogens is 294 g/mol. The number of nitrogens with zero attached hydrogens (tertiary/aromatic N) is 2. The number of carbonyl (C=O) groups is 2. The molecule has 0 saturated heterocycles. The van der Waals surface area contributed by atoms with Crippen molar-refractivity contribution >= 4 is 29.3 Å². The van der Waals surface area contributed by atoms with Gasteiger partial charge in [0.15, 0.2) is 5.82 Å². The number of aliphatic carboxylic acids is 1. The van der Waals surface area contributed by atoms with Gasteiger partial charge in [-0.3, -0.25) is 14.3 Å². The first-order valence-corrected chi connectivity index (χ1v) is 7.65. The molecule has 0 aliphatic heterocycles. The molecule has 1 fully saturated rings. The highest BCUT2D eigenvalue weighted by atomic mass is 35.5. The van der Waals surface area contributed by atoms with Gasteiger partial charge in [0, 0.05) is 12.7 Å². The first kappa shape index (κ1) is 15.8. The van der Waals surface area contributed by atoms with E-state index in [0.29, 0.717) is 24.4 Å². The van der Waals surface area contributed by atoms with Crippen LogP contribution >= 0.6 is 11.6 Å². The second-order valence-corrected chi connectivity index (χ2v) is 5.84. The number of carboxylic acids is 1. The molecule has 1 aromatic rings. The van der Waals surface area contributed by atoms with Gasteiger partial charge in [0.25, 0.3) is 0 Å². The van der Waals surface area contributed by atoms with Crippen LogP contribution in [0.25, 0.3) is 0 Å². The van der Waals surface area contributed by atoms with E-state index in [9.17, 15) is 14.7 Å². The van der Waals surface area contributed by atoms with Gasteiger partial charge in [-0.15, -0.1) is 0 Å². The quantitative estimate of drug-likeness (QED) is 0.661. The molecule has 0 radical (unpaired) electrons. The fourth-order valence-electron chi connectivity index (χ4n) is 2.74. The molecule has 7 heteroatoms. The van der Waals surface area contributed by atoms with E-state index in [1.54, 1.807) is 10.9 Å². The number of anilines is 1. The minimum atomic E-state index is -1.37. The highest BCUT2D eigenvalue weighted by molar-refractivity contribution is 6.33. The number of carboxylic acid groups (broad SMARTS) is 1. The number of carbonyl (C=O) groups excluding carboxylic acids is 1. The highest BCUT2D eigenvalue weighted by Crippen LogP contribution is 2.37. The van der Waals surface area contributed by atoms with Crippen LogP contribution in [-0.2, 0) is 16.1 Å². The zero-order chi connectivity index (χ0) is 15.5. The highest BCUT2D eigenvalue weighted by Gasteiger charge is 2.46. The number of hydrogen-bond donors (Lipinski definition) is 2. The minimum absolute atomic E-state index is 0.230. The van der Waals surface area contributed by atoms with Crippen molar-refractivity contribution in [2.75, 3.05) is 5.32 Å². The van der Waals surface area contributed by atoms with E-state index in [2.05, 4.69) is 10.4 Å². The van der Waals surface area contributed by atoms with Crippen LogP contribution in [0.4, 0.5) is 5.82 Å². The summed E-state index contributed by atoms with van der Waals surface area (Å²) in [4.78, 5) is 24.2. The lowest BCUT2D eigenvalue weighted by Crippen LogP contribution is -2.43. The number of hydrogen-bond acceptors (Lipinski definition) is 3. The zero-order valence-electron chi connectivity index (χ0n) is 12.1. The van der Waals surface area contributed by atoms with E-state index in [-0.39, 0.29) is 5.82 Å². The van der Waals surface area contributed by atoms with Gasteiger partial charge >= 0.3 is 5.97 Å². The van der Waals surface area contributed by atoms with Crippen molar-refractivity contribution in [2.24, 2.45) is 5.41 Å². The van der Waals surface area contributed by atoms with Crippen LogP contribution in [-0.4, -0.2) is 26.8 Å². The molecule has 0 aromatic carbocycles. The van der Waals surface area contributed by atoms with E-state index in [1.807, 2.05) is 6.92 Å². The predicted octanol–water partition coefficient (Wildman–Crippen LogP) is 2.92. The summed E-state index contributed by atoms with van der Waals surface area (Å²) in [6.07, 6.45) is 5.76. The van der Waals surface area contributed by atoms with Gasteiger partial charge in [-0.25, -0.2) is 0 Å². The largest absolute Gasteiger partial charge is 0.480 e. The fraction of sp³-hybridized carbons (Fsp3) is 0.643. The van der Waals surface area contributed by atoms with Gasteiger partial charge in [-0.1, -0.05) is 37.3 Å². The van der Waals surface area contributed by atoms with Gasteiger partial charge in [-0.05, 0) is 19.8 Å². The summed E-state index contributed by atoms with van der Waals surface area (Å²) >= 11 is 6.02. The fourth-order valence-corrected chi connectivity index (χ4v) is 2.94. The third-order valence-corrected chi connectivity index (χ3v) is 4.35. The summed E-state index contributed by atoms with van der Waals surface area (Å²) < 4.78 is 1.60. The monoisotopic (exact) mass is 313 g/mol. The molecule has 0 unspecified atom stereocenters. The molecule has 1 aliphatic rings. The molecule has 1 aliphatic carbocycles. The Labute approximate surface area is 128 Å². The summed E-state index contributed by atoms with van der Waals surface area (Å²) in [5.41, 5.74) is -1.37. The normalized spacial score (nSPS) is 18.0. The number of aromatic nitrogens is 2. The van der Waals surface area contributed by atoms with Crippen molar-refractivity contribution < 1.29 is 14.7 Å². The molecule has 2 N–H and O–H groups in total. The van der Waals surface area contributed by atoms with Gasteiger partial charge < -0.3 is 10.4 Å². The third kappa shape index (κ3) is 3.20. The van der Waals surface area contributed by atoms with Crippen molar-refractivity contribution in [2.45, 2.75) is 52.0 Å². The van der Waals surface area contributed by atoms with Gasteiger partial charge in [-0.2, -0.15) is 5.10 Å². The lowest BCUT2D eigenvalue weighted by atomic mass is 9.79. The van der Waals surface area contributed by atoms with Crippen molar-refractivity contribution in [1.82, 2.24) is 9.78 Å². The van der Waals surface area contributed by atoms with Crippen LogP contribution in [0.15, 0.2) is 6.20 Å². The average Bonchev–Trinajstić information content (AvgIpc) is 2.67. The summed E-state index contributed by atoms with van der Waals surface area (Å²) in [6.45, 7) is 2.53. The van der Waals surface area contributed by atoms with Crippen LogP contribution in [0.2, 0.25) is 5.02 Å². The molecule has 2 rings (SSSR count). The second kappa shape index (κ2) is 6.47. The van der Waals surface area contributed by atoms with Crippen LogP contribution in [0.3, 0.4) is 0 Å². The standard InChI is InChI=1S/C14H20ClN3O3/c1-2-18-9-10(15)11(17-18)16-12(19)14(13(20)21)7-5-3-4-6-8-14/h9H,2-8H2,1H3,(H,20,21)(H,16,17,19). The van der Waals surface area contributed by atoms with Crippen LogP contribution in [0.5, 0.6) is 0 Å². The first-order valence-electron chi connectivity index (χ1n) is 7.27. The van der Waals surface area contributed by atoms with Gasteiger partial charge in [0.1, 0.15) is 10.4 Å². The Morgan fingerprint density at radius 2 is 2.00 bits per heavy atom. The molecule has 116 valence electrons. The Morgan fingerprint density at radius 1 is 1.38 bits per heavy atom. The van der Waals surface area contributed by atoms with E-state index in [0.717, 1.165) is 25.7 Å². The molecular formula is C14H20ClN3O3. The SMILES string of the molecule is CCn1cc(Cl)c(NC(=O)C2(C(=O)O)CCCCCC2)n1. The molecule has 1 aromatic heterocycles. The van der Waals surface area contributed by atoms with Crippen molar-refractivity contribution in [1.29, 1.82) is 0 Å². The summed E-state index contributed by atoms with van der Waals surface area (Å²) in [6, 6.07) is 0. The number of amides is 1. The van der Waals surface area contributed by atoms with E-state index < -0.39 is 17.3 Å². The number of aryl methyl sites for hydroxylation is 1. The van der Waals surface area contributed by atoms with Crippen LogP contribution in [0.1, 0.15) is 45.4 Å². The zero-order valence-corrected chi connectivity index (χ0v) is 12.8. The van der Waals surface area contributed by atoms with Crippen molar-refractivity contribution in [3.63, 3.8) is 0 Å². The summed E-state index contributed by atoms with van der Waals surface area (Å²) in [5, 5.41) is 16.6. The minimum Gasteiger partial charge on any atom is -0.480 e. The molecule has 0 atom stereocenters. The molecule has 21 heavy (non-hydrogen) atoms. The first-order chi connectivity index (χ1) is 9.99. The Kier molecular flexibility index (Phi) is 4.88. The number of nitrogens with one attached hydrogen (secondary N) is 1. The number of halogens is 1. The Morgan fingerprint density at radius 3 is 2.48 bits per heavy atom. The Bertz CT molecular complexity index is 534. The molecule has 1 amide bonds. The molecule has 0 spiro atoms.